The van der Waals surface area contributed by atoms with Gasteiger partial charge in [-0.25, -0.2) is 9.78 Å². The fourth-order valence-electron chi connectivity index (χ4n) is 2.05. The summed E-state index contributed by atoms with van der Waals surface area (Å²) in [6.45, 7) is 0. The van der Waals surface area contributed by atoms with Gasteiger partial charge in [-0.2, -0.15) is 5.26 Å². The number of aromatic nitrogens is 2. The molecule has 0 spiro atoms. The van der Waals surface area contributed by atoms with E-state index in [1.165, 1.54) is 6.07 Å². The van der Waals surface area contributed by atoms with Gasteiger partial charge in [0.1, 0.15) is 6.07 Å². The molecule has 2 aromatic heterocycles. The Labute approximate surface area is 130 Å². The number of carboxylic acids is 1. The number of benzene rings is 1. The number of hydrogen-bond donors (Lipinski definition) is 1. The predicted octanol–water partition coefficient (Wildman–Crippen LogP) is 3.15. The number of carbonyl (C=O) groups is 1. The number of aromatic carboxylic acids is 1. The summed E-state index contributed by atoms with van der Waals surface area (Å²) in [5.41, 5.74) is 2.59. The van der Waals surface area contributed by atoms with Crippen molar-refractivity contribution in [2.24, 2.45) is 0 Å². The molecule has 0 unspecified atom stereocenters. The maximum Gasteiger partial charge on any atom is 0.335 e. The zero-order chi connectivity index (χ0) is 14.1. The predicted molar refractivity (Wildman–Crippen MR) is 82.6 cm³/mol. The largest absolute Gasteiger partial charge is 0.478 e. The first kappa shape index (κ1) is 14.8. The second-order valence-electron chi connectivity index (χ2n) is 4.28. The van der Waals surface area contributed by atoms with Crippen LogP contribution in [0, 0.1) is 11.3 Å². The average Bonchev–Trinajstić information content (AvgIpc) is 2.91. The molecule has 0 atom stereocenters. The third kappa shape index (κ3) is 2.64. The van der Waals surface area contributed by atoms with Gasteiger partial charge in [-0.3, -0.25) is 0 Å². The molecule has 0 fully saturated rings. The van der Waals surface area contributed by atoms with Gasteiger partial charge in [0.25, 0.3) is 0 Å². The van der Waals surface area contributed by atoms with Crippen molar-refractivity contribution in [2.45, 2.75) is 0 Å². The van der Waals surface area contributed by atoms with Crippen LogP contribution in [0.1, 0.15) is 15.9 Å². The molecular formula is C15H10BrN3O2. The van der Waals surface area contributed by atoms with Gasteiger partial charge < -0.3 is 9.51 Å². The molecule has 104 valence electrons. The molecule has 21 heavy (non-hydrogen) atoms. The van der Waals surface area contributed by atoms with Crippen molar-refractivity contribution < 1.29 is 9.90 Å². The normalized spacial score (nSPS) is 9.86. The van der Waals surface area contributed by atoms with Crippen LogP contribution in [0.15, 0.2) is 48.8 Å². The molecule has 1 N–H and O–H groups in total. The van der Waals surface area contributed by atoms with E-state index in [-0.39, 0.29) is 22.5 Å². The number of fused-ring (bicyclic) bond motifs is 1. The fourth-order valence-corrected chi connectivity index (χ4v) is 2.05. The Hall–Kier alpha value is -2.65. The minimum absolute atomic E-state index is 0. The minimum Gasteiger partial charge on any atom is -0.478 e. The zero-order valence-electron chi connectivity index (χ0n) is 10.7. The lowest BCUT2D eigenvalue weighted by atomic mass is 10.1. The molecule has 0 radical (unpaired) electrons. The number of halogens is 1. The summed E-state index contributed by atoms with van der Waals surface area (Å²) in [5, 5.41) is 18.1. The summed E-state index contributed by atoms with van der Waals surface area (Å²) in [7, 11) is 0. The Bertz CT molecular complexity index is 865. The summed E-state index contributed by atoms with van der Waals surface area (Å²) in [6.07, 6.45) is 3.57. The number of rotatable bonds is 2. The van der Waals surface area contributed by atoms with Gasteiger partial charge in [-0.15, -0.1) is 17.0 Å². The van der Waals surface area contributed by atoms with Crippen LogP contribution in [0.4, 0.5) is 0 Å². The second-order valence-corrected chi connectivity index (χ2v) is 4.28. The van der Waals surface area contributed by atoms with E-state index in [1.807, 2.05) is 0 Å². The summed E-state index contributed by atoms with van der Waals surface area (Å²) in [4.78, 5) is 15.4. The molecule has 0 aliphatic carbocycles. The van der Waals surface area contributed by atoms with Gasteiger partial charge in [0.2, 0.25) is 0 Å². The first-order chi connectivity index (χ1) is 9.69. The highest BCUT2D eigenvalue weighted by atomic mass is 79.9. The Morgan fingerprint density at radius 1 is 1.29 bits per heavy atom. The maximum absolute atomic E-state index is 11.0. The van der Waals surface area contributed by atoms with Crippen molar-refractivity contribution in [3.8, 4) is 17.3 Å². The smallest absolute Gasteiger partial charge is 0.335 e. The summed E-state index contributed by atoms with van der Waals surface area (Å²) in [5.74, 6) is -0.978. The highest BCUT2D eigenvalue weighted by Crippen LogP contribution is 2.21. The van der Waals surface area contributed by atoms with Crippen LogP contribution in [-0.2, 0) is 0 Å². The van der Waals surface area contributed by atoms with E-state index in [0.717, 1.165) is 0 Å². The van der Waals surface area contributed by atoms with Crippen LogP contribution in [0.3, 0.4) is 0 Å². The van der Waals surface area contributed by atoms with Gasteiger partial charge in [0, 0.05) is 18.0 Å². The van der Waals surface area contributed by atoms with E-state index in [2.05, 4.69) is 11.1 Å². The summed E-state index contributed by atoms with van der Waals surface area (Å²) >= 11 is 0. The molecule has 0 aliphatic rings. The van der Waals surface area contributed by atoms with Gasteiger partial charge in [0.05, 0.1) is 16.8 Å². The number of nitrogens with zero attached hydrogens (tertiary/aromatic N) is 3. The molecular weight excluding hydrogens is 334 g/mol. The van der Waals surface area contributed by atoms with E-state index < -0.39 is 5.97 Å². The van der Waals surface area contributed by atoms with E-state index in [9.17, 15) is 4.79 Å². The van der Waals surface area contributed by atoms with Crippen LogP contribution in [0.2, 0.25) is 0 Å². The molecule has 0 amide bonds. The molecule has 0 aliphatic heterocycles. The van der Waals surface area contributed by atoms with Gasteiger partial charge in [-0.05, 0) is 24.3 Å². The van der Waals surface area contributed by atoms with E-state index >= 15 is 0 Å². The van der Waals surface area contributed by atoms with Crippen LogP contribution >= 0.6 is 17.0 Å². The summed E-state index contributed by atoms with van der Waals surface area (Å²) in [6, 6.07) is 12.1. The van der Waals surface area contributed by atoms with Gasteiger partial charge in [0.15, 0.2) is 5.65 Å². The monoisotopic (exact) mass is 343 g/mol. The fraction of sp³-hybridized carbons (Fsp3) is 0. The SMILES string of the molecule is Br.N#Cc1cccn2cc(-c3cccc(C(=O)O)c3)nc12. The Kier molecular flexibility index (Phi) is 4.05. The topological polar surface area (TPSA) is 78.4 Å². The van der Waals surface area contributed by atoms with E-state index in [4.69, 9.17) is 10.4 Å². The minimum atomic E-state index is -0.978. The van der Waals surface area contributed by atoms with Crippen molar-refractivity contribution in [1.29, 1.82) is 5.26 Å². The molecule has 0 bridgehead atoms. The standard InChI is InChI=1S/C15H9N3O2.BrH/c16-8-12-5-2-6-18-9-13(17-14(12)18)10-3-1-4-11(7-10)15(19)20;/h1-7,9H,(H,19,20);1H. The van der Waals surface area contributed by atoms with Crippen molar-refractivity contribution in [2.75, 3.05) is 0 Å². The molecule has 6 heteroatoms. The highest BCUT2D eigenvalue weighted by molar-refractivity contribution is 8.93. The van der Waals surface area contributed by atoms with Crippen molar-refractivity contribution in [3.63, 3.8) is 0 Å². The van der Waals surface area contributed by atoms with Crippen LogP contribution < -0.4 is 0 Å². The zero-order valence-corrected chi connectivity index (χ0v) is 12.4. The van der Waals surface area contributed by atoms with E-state index in [0.29, 0.717) is 22.5 Å². The molecule has 3 aromatic rings. The number of nitriles is 1. The lowest BCUT2D eigenvalue weighted by Gasteiger charge is -1.98. The van der Waals surface area contributed by atoms with E-state index in [1.54, 1.807) is 47.1 Å². The molecule has 1 aromatic carbocycles. The van der Waals surface area contributed by atoms with Crippen LogP contribution in [0.5, 0.6) is 0 Å². The highest BCUT2D eigenvalue weighted by Gasteiger charge is 2.09. The summed E-state index contributed by atoms with van der Waals surface area (Å²) < 4.78 is 1.75. The lowest BCUT2D eigenvalue weighted by molar-refractivity contribution is 0.0697. The number of hydrogen-bond acceptors (Lipinski definition) is 3. The van der Waals surface area contributed by atoms with Crippen LogP contribution in [0.25, 0.3) is 16.9 Å². The molecule has 5 nitrogen and oxygen atoms in total. The quantitative estimate of drug-likeness (QED) is 0.775. The molecule has 2 heterocycles. The molecule has 0 saturated heterocycles. The van der Waals surface area contributed by atoms with Gasteiger partial charge >= 0.3 is 5.97 Å². The van der Waals surface area contributed by atoms with Crippen molar-refractivity contribution in [3.05, 3.63) is 59.9 Å². The number of imidazole rings is 1. The first-order valence-corrected chi connectivity index (χ1v) is 5.90. The molecule has 3 rings (SSSR count). The third-order valence-corrected chi connectivity index (χ3v) is 3.01. The van der Waals surface area contributed by atoms with Crippen molar-refractivity contribution >= 4 is 28.6 Å². The lowest BCUT2D eigenvalue weighted by Crippen LogP contribution is -1.95. The average molecular weight is 344 g/mol. The first-order valence-electron chi connectivity index (χ1n) is 5.90. The van der Waals surface area contributed by atoms with Crippen molar-refractivity contribution in [1.82, 2.24) is 9.38 Å². The maximum atomic E-state index is 11.0. The Morgan fingerprint density at radius 3 is 2.81 bits per heavy atom. The number of carboxylic acid groups (broad SMARTS) is 1. The third-order valence-electron chi connectivity index (χ3n) is 3.01. The Morgan fingerprint density at radius 2 is 2.10 bits per heavy atom. The number of pyridine rings is 1. The van der Waals surface area contributed by atoms with Gasteiger partial charge in [-0.1, -0.05) is 12.1 Å². The second kappa shape index (κ2) is 5.77. The Balaban J connectivity index is 0.00000161. The van der Waals surface area contributed by atoms with Crippen LogP contribution in [-0.4, -0.2) is 20.5 Å². The molecule has 0 saturated carbocycles.